The Labute approximate surface area is 101 Å². The van der Waals surface area contributed by atoms with E-state index in [1.54, 1.807) is 6.92 Å². The van der Waals surface area contributed by atoms with Crippen LogP contribution in [0.1, 0.15) is 34.8 Å². The third-order valence-corrected chi connectivity index (χ3v) is 2.36. The normalized spacial score (nSPS) is 10.6. The van der Waals surface area contributed by atoms with Crippen molar-refractivity contribution < 1.29 is 18.3 Å². The van der Waals surface area contributed by atoms with E-state index < -0.39 is 23.5 Å². The number of carbonyl (C=O) groups excluding carboxylic acids is 1. The van der Waals surface area contributed by atoms with E-state index in [-0.39, 0.29) is 23.6 Å². The number of hydrogen-bond acceptors (Lipinski definition) is 3. The predicted octanol–water partition coefficient (Wildman–Crippen LogP) is 2.23. The molecular formula is C10H10ClF2NO3. The second kappa shape index (κ2) is 5.77. The number of esters is 1. The molecule has 1 aromatic heterocycles. The van der Waals surface area contributed by atoms with E-state index in [2.05, 4.69) is 9.72 Å². The standard InChI is InChI=1S/C10H10ClF2NO3/c1-2-17-10(16)6-4-14-9(15)7(8(12)13)5(6)3-11/h4,8H,2-3H2,1H3,(H,14,15). The minimum atomic E-state index is -3.00. The molecule has 1 heterocycles. The Hall–Kier alpha value is -1.43. The summed E-state index contributed by atoms with van der Waals surface area (Å²) in [5, 5.41) is 0. The highest BCUT2D eigenvalue weighted by Gasteiger charge is 2.23. The van der Waals surface area contributed by atoms with E-state index in [1.807, 2.05) is 0 Å². The summed E-state index contributed by atoms with van der Waals surface area (Å²) in [4.78, 5) is 24.8. The lowest BCUT2D eigenvalue weighted by atomic mass is 10.1. The van der Waals surface area contributed by atoms with Crippen molar-refractivity contribution in [3.8, 4) is 0 Å². The smallest absolute Gasteiger partial charge is 0.339 e. The van der Waals surface area contributed by atoms with E-state index in [0.717, 1.165) is 6.20 Å². The Morgan fingerprint density at radius 2 is 2.24 bits per heavy atom. The average Bonchev–Trinajstić information content (AvgIpc) is 2.27. The number of H-pyrrole nitrogens is 1. The van der Waals surface area contributed by atoms with Gasteiger partial charge in [0.2, 0.25) is 0 Å². The van der Waals surface area contributed by atoms with E-state index in [1.165, 1.54) is 0 Å². The zero-order chi connectivity index (χ0) is 13.0. The first-order chi connectivity index (χ1) is 8.02. The number of carbonyl (C=O) groups is 1. The fourth-order valence-corrected chi connectivity index (χ4v) is 1.64. The van der Waals surface area contributed by atoms with Crippen LogP contribution in [0.3, 0.4) is 0 Å². The molecule has 1 aromatic rings. The second-order valence-electron chi connectivity index (χ2n) is 3.08. The summed E-state index contributed by atoms with van der Waals surface area (Å²) in [7, 11) is 0. The fourth-order valence-electron chi connectivity index (χ4n) is 1.35. The summed E-state index contributed by atoms with van der Waals surface area (Å²) in [5.74, 6) is -1.15. The second-order valence-corrected chi connectivity index (χ2v) is 3.35. The van der Waals surface area contributed by atoms with Crippen LogP contribution in [0.4, 0.5) is 8.78 Å². The Kier molecular flexibility index (Phi) is 4.62. The van der Waals surface area contributed by atoms with Gasteiger partial charge in [0.05, 0.1) is 17.7 Å². The van der Waals surface area contributed by atoms with Crippen LogP contribution in [0.25, 0.3) is 0 Å². The van der Waals surface area contributed by atoms with Crippen LogP contribution in [0.2, 0.25) is 0 Å². The van der Waals surface area contributed by atoms with Gasteiger partial charge in [0.25, 0.3) is 12.0 Å². The SMILES string of the molecule is CCOC(=O)c1c[nH]c(=O)c(C(F)F)c1CCl. The minimum Gasteiger partial charge on any atom is -0.462 e. The maximum atomic E-state index is 12.7. The predicted molar refractivity (Wildman–Crippen MR) is 57.5 cm³/mol. The van der Waals surface area contributed by atoms with Crippen LogP contribution in [0.5, 0.6) is 0 Å². The third-order valence-electron chi connectivity index (χ3n) is 2.09. The van der Waals surface area contributed by atoms with Gasteiger partial charge in [-0.1, -0.05) is 0 Å². The van der Waals surface area contributed by atoms with E-state index in [9.17, 15) is 18.4 Å². The lowest BCUT2D eigenvalue weighted by Crippen LogP contribution is -2.20. The monoisotopic (exact) mass is 265 g/mol. The fraction of sp³-hybridized carbons (Fsp3) is 0.400. The molecule has 1 N–H and O–H groups in total. The number of aromatic amines is 1. The molecule has 17 heavy (non-hydrogen) atoms. The minimum absolute atomic E-state index is 0.101. The Morgan fingerprint density at radius 3 is 2.71 bits per heavy atom. The largest absolute Gasteiger partial charge is 0.462 e. The number of halogens is 3. The number of rotatable bonds is 4. The highest BCUT2D eigenvalue weighted by Crippen LogP contribution is 2.23. The van der Waals surface area contributed by atoms with E-state index >= 15 is 0 Å². The van der Waals surface area contributed by atoms with Crippen LogP contribution >= 0.6 is 11.6 Å². The highest BCUT2D eigenvalue weighted by atomic mass is 35.5. The molecule has 0 fully saturated rings. The molecule has 0 atom stereocenters. The van der Waals surface area contributed by atoms with Crippen molar-refractivity contribution in [1.29, 1.82) is 0 Å². The summed E-state index contributed by atoms with van der Waals surface area (Å²) in [5.41, 5.74) is -2.07. The summed E-state index contributed by atoms with van der Waals surface area (Å²) in [6.07, 6.45) is -1.97. The van der Waals surface area contributed by atoms with Gasteiger partial charge in [0.1, 0.15) is 0 Å². The molecule has 0 amide bonds. The van der Waals surface area contributed by atoms with Gasteiger partial charge in [-0.15, -0.1) is 11.6 Å². The molecule has 0 saturated heterocycles. The zero-order valence-electron chi connectivity index (χ0n) is 8.93. The molecule has 0 aromatic carbocycles. The molecule has 1 rings (SSSR count). The number of pyridine rings is 1. The number of nitrogens with one attached hydrogen (secondary N) is 1. The molecule has 0 aliphatic heterocycles. The van der Waals surface area contributed by atoms with Gasteiger partial charge < -0.3 is 9.72 Å². The molecule has 0 radical (unpaired) electrons. The van der Waals surface area contributed by atoms with Crippen LogP contribution in [-0.4, -0.2) is 17.6 Å². The number of hydrogen-bond donors (Lipinski definition) is 1. The summed E-state index contributed by atoms with van der Waals surface area (Å²) < 4.78 is 30.0. The van der Waals surface area contributed by atoms with Gasteiger partial charge in [-0.05, 0) is 12.5 Å². The molecule has 7 heteroatoms. The van der Waals surface area contributed by atoms with Crippen molar-refractivity contribution in [2.45, 2.75) is 19.2 Å². The number of aromatic nitrogens is 1. The average molecular weight is 266 g/mol. The van der Waals surface area contributed by atoms with E-state index in [4.69, 9.17) is 11.6 Å². The van der Waals surface area contributed by atoms with Gasteiger partial charge in [-0.2, -0.15) is 0 Å². The molecule has 0 aliphatic rings. The quantitative estimate of drug-likeness (QED) is 0.671. The molecule has 0 aliphatic carbocycles. The summed E-state index contributed by atoms with van der Waals surface area (Å²) in [6, 6.07) is 0. The summed E-state index contributed by atoms with van der Waals surface area (Å²) >= 11 is 5.50. The van der Waals surface area contributed by atoms with Crippen molar-refractivity contribution >= 4 is 17.6 Å². The molecular weight excluding hydrogens is 256 g/mol. The lowest BCUT2D eigenvalue weighted by Gasteiger charge is -2.10. The van der Waals surface area contributed by atoms with Crippen molar-refractivity contribution in [3.63, 3.8) is 0 Å². The number of alkyl halides is 3. The van der Waals surface area contributed by atoms with Crippen LogP contribution < -0.4 is 5.56 Å². The molecule has 0 bridgehead atoms. The summed E-state index contributed by atoms with van der Waals surface area (Å²) in [6.45, 7) is 1.68. The Morgan fingerprint density at radius 1 is 1.59 bits per heavy atom. The topological polar surface area (TPSA) is 59.2 Å². The zero-order valence-corrected chi connectivity index (χ0v) is 9.68. The van der Waals surface area contributed by atoms with Gasteiger partial charge in [0.15, 0.2) is 0 Å². The van der Waals surface area contributed by atoms with Crippen LogP contribution in [-0.2, 0) is 10.6 Å². The van der Waals surface area contributed by atoms with Gasteiger partial charge in [0, 0.05) is 12.1 Å². The van der Waals surface area contributed by atoms with Crippen molar-refractivity contribution in [3.05, 3.63) is 33.2 Å². The first kappa shape index (κ1) is 13.6. The molecule has 94 valence electrons. The van der Waals surface area contributed by atoms with Crippen LogP contribution in [0.15, 0.2) is 11.0 Å². The number of ether oxygens (including phenoxy) is 1. The molecule has 0 saturated carbocycles. The molecule has 4 nitrogen and oxygen atoms in total. The van der Waals surface area contributed by atoms with Gasteiger partial charge >= 0.3 is 5.97 Å². The van der Waals surface area contributed by atoms with Crippen molar-refractivity contribution in [1.82, 2.24) is 4.98 Å². The Bertz CT molecular complexity index is 473. The lowest BCUT2D eigenvalue weighted by molar-refractivity contribution is 0.0524. The Balaban J connectivity index is 3.38. The van der Waals surface area contributed by atoms with Crippen molar-refractivity contribution in [2.75, 3.05) is 6.61 Å². The van der Waals surface area contributed by atoms with E-state index in [0.29, 0.717) is 0 Å². The van der Waals surface area contributed by atoms with Gasteiger partial charge in [-0.25, -0.2) is 13.6 Å². The molecule has 0 unspecified atom stereocenters. The first-order valence-electron chi connectivity index (χ1n) is 4.78. The van der Waals surface area contributed by atoms with Gasteiger partial charge in [-0.3, -0.25) is 4.79 Å². The first-order valence-corrected chi connectivity index (χ1v) is 5.32. The maximum Gasteiger partial charge on any atom is 0.339 e. The highest BCUT2D eigenvalue weighted by molar-refractivity contribution is 6.17. The third kappa shape index (κ3) is 2.82. The van der Waals surface area contributed by atoms with Crippen molar-refractivity contribution in [2.24, 2.45) is 0 Å². The van der Waals surface area contributed by atoms with Crippen LogP contribution in [0, 0.1) is 0 Å². The molecule has 0 spiro atoms. The maximum absolute atomic E-state index is 12.7.